The summed E-state index contributed by atoms with van der Waals surface area (Å²) in [6.07, 6.45) is 0. The third kappa shape index (κ3) is 3.22. The van der Waals surface area contributed by atoms with Crippen molar-refractivity contribution in [2.45, 2.75) is 6.92 Å². The molecule has 1 N–H and O–H groups in total. The van der Waals surface area contributed by atoms with E-state index in [9.17, 15) is 9.59 Å². The van der Waals surface area contributed by atoms with E-state index in [1.54, 1.807) is 36.4 Å². The Hall–Kier alpha value is -4.32. The number of furan rings is 1. The van der Waals surface area contributed by atoms with Crippen molar-refractivity contribution < 1.29 is 18.4 Å². The van der Waals surface area contributed by atoms with Crippen LogP contribution >= 0.6 is 0 Å². The van der Waals surface area contributed by atoms with Crippen LogP contribution < -0.4 is 10.9 Å². The molecule has 0 amide bonds. The summed E-state index contributed by atoms with van der Waals surface area (Å²) in [6.45, 7) is 1.99. The van der Waals surface area contributed by atoms with E-state index in [4.69, 9.17) is 13.6 Å². The largest absolute Gasteiger partial charge is 0.465 e. The number of carbonyl (C=O) groups is 1. The highest BCUT2D eigenvalue weighted by molar-refractivity contribution is 6.10. The monoisotopic (exact) mass is 425 g/mol. The van der Waals surface area contributed by atoms with Crippen molar-refractivity contribution in [3.05, 3.63) is 94.3 Å². The Morgan fingerprint density at radius 1 is 0.906 bits per heavy atom. The van der Waals surface area contributed by atoms with E-state index in [-0.39, 0.29) is 0 Å². The number of hydrogen-bond donors (Lipinski definition) is 1. The van der Waals surface area contributed by atoms with Gasteiger partial charge in [0.2, 0.25) is 5.88 Å². The highest BCUT2D eigenvalue weighted by Gasteiger charge is 2.23. The van der Waals surface area contributed by atoms with Crippen LogP contribution in [0, 0.1) is 6.92 Å². The summed E-state index contributed by atoms with van der Waals surface area (Å²) in [6, 6.07) is 21.9. The van der Waals surface area contributed by atoms with E-state index in [1.165, 1.54) is 7.11 Å². The van der Waals surface area contributed by atoms with Gasteiger partial charge in [-0.25, -0.2) is 9.59 Å². The molecule has 0 saturated carbocycles. The van der Waals surface area contributed by atoms with Crippen molar-refractivity contribution >= 4 is 39.5 Å². The second-order valence-electron chi connectivity index (χ2n) is 7.40. The van der Waals surface area contributed by atoms with Gasteiger partial charge in [0.15, 0.2) is 5.58 Å². The summed E-state index contributed by atoms with van der Waals surface area (Å²) < 4.78 is 16.6. The maximum absolute atomic E-state index is 13.0. The third-order valence-corrected chi connectivity index (χ3v) is 5.43. The van der Waals surface area contributed by atoms with Crippen molar-refractivity contribution in [2.24, 2.45) is 0 Å². The molecule has 0 aliphatic rings. The smallest absolute Gasteiger partial charge is 0.348 e. The van der Waals surface area contributed by atoms with Gasteiger partial charge in [0.05, 0.1) is 23.6 Å². The molecular formula is C26H19NO5. The topological polar surface area (TPSA) is 81.7 Å². The molecule has 0 bridgehead atoms. The minimum Gasteiger partial charge on any atom is -0.465 e. The van der Waals surface area contributed by atoms with Gasteiger partial charge in [-0.15, -0.1) is 0 Å². The highest BCUT2D eigenvalue weighted by atomic mass is 16.5. The van der Waals surface area contributed by atoms with Crippen LogP contribution in [0.15, 0.2) is 86.4 Å². The number of ether oxygens (including phenoxy) is 1. The molecule has 158 valence electrons. The van der Waals surface area contributed by atoms with Gasteiger partial charge in [-0.05, 0) is 48.4 Å². The summed E-state index contributed by atoms with van der Waals surface area (Å²) in [5, 5.41) is 4.37. The van der Waals surface area contributed by atoms with Crippen molar-refractivity contribution in [2.75, 3.05) is 12.4 Å². The first-order chi connectivity index (χ1) is 15.6. The molecule has 0 fully saturated rings. The molecule has 5 aromatic rings. The van der Waals surface area contributed by atoms with E-state index in [1.807, 2.05) is 43.3 Å². The predicted octanol–water partition coefficient (Wildman–Crippen LogP) is 6.04. The lowest BCUT2D eigenvalue weighted by atomic mass is 10.0. The fourth-order valence-electron chi connectivity index (χ4n) is 3.80. The molecule has 32 heavy (non-hydrogen) atoms. The molecule has 0 aliphatic carbocycles. The molecule has 6 nitrogen and oxygen atoms in total. The zero-order chi connectivity index (χ0) is 22.2. The number of esters is 1. The van der Waals surface area contributed by atoms with Gasteiger partial charge >= 0.3 is 11.6 Å². The van der Waals surface area contributed by atoms with Crippen molar-refractivity contribution in [1.29, 1.82) is 0 Å². The molecule has 0 saturated heterocycles. The number of aryl methyl sites for hydroxylation is 1. The number of anilines is 2. The molecule has 3 aromatic carbocycles. The maximum atomic E-state index is 13.0. The molecule has 0 unspecified atom stereocenters. The Morgan fingerprint density at radius 3 is 2.38 bits per heavy atom. The van der Waals surface area contributed by atoms with Crippen LogP contribution in [0.4, 0.5) is 11.6 Å². The SMILES string of the molecule is COC(=O)c1ccc(-c2c(Nc3ccccc3C)oc3c2c(=O)oc2ccccc23)cc1. The zero-order valence-corrected chi connectivity index (χ0v) is 17.5. The second kappa shape index (κ2) is 7.74. The Kier molecular flexibility index (Phi) is 4.75. The molecule has 2 aromatic heterocycles. The van der Waals surface area contributed by atoms with Gasteiger partial charge in [0.1, 0.15) is 11.0 Å². The number of para-hydroxylation sites is 2. The summed E-state index contributed by atoms with van der Waals surface area (Å²) in [5.41, 5.74) is 3.97. The average molecular weight is 425 g/mol. The summed E-state index contributed by atoms with van der Waals surface area (Å²) in [7, 11) is 1.33. The number of rotatable bonds is 4. The first kappa shape index (κ1) is 19.6. The van der Waals surface area contributed by atoms with E-state index in [0.717, 1.165) is 11.3 Å². The lowest BCUT2D eigenvalue weighted by Gasteiger charge is -2.09. The van der Waals surface area contributed by atoms with Crippen molar-refractivity contribution in [1.82, 2.24) is 0 Å². The number of benzene rings is 3. The van der Waals surface area contributed by atoms with Crippen LogP contribution in [0.2, 0.25) is 0 Å². The average Bonchev–Trinajstić information content (AvgIpc) is 3.20. The molecule has 0 spiro atoms. The minimum atomic E-state index is -0.493. The fraction of sp³-hybridized carbons (Fsp3) is 0.0769. The number of nitrogens with one attached hydrogen (secondary N) is 1. The van der Waals surface area contributed by atoms with Crippen LogP contribution in [0.25, 0.3) is 33.1 Å². The van der Waals surface area contributed by atoms with E-state index < -0.39 is 11.6 Å². The van der Waals surface area contributed by atoms with Gasteiger partial charge < -0.3 is 18.9 Å². The van der Waals surface area contributed by atoms with Crippen LogP contribution in [-0.2, 0) is 4.74 Å². The first-order valence-corrected chi connectivity index (χ1v) is 10.1. The molecule has 5 rings (SSSR count). The molecule has 0 aliphatic heterocycles. The molecule has 2 heterocycles. The summed E-state index contributed by atoms with van der Waals surface area (Å²) >= 11 is 0. The van der Waals surface area contributed by atoms with Crippen LogP contribution in [0.5, 0.6) is 0 Å². The maximum Gasteiger partial charge on any atom is 0.348 e. The van der Waals surface area contributed by atoms with Crippen LogP contribution in [0.1, 0.15) is 15.9 Å². The highest BCUT2D eigenvalue weighted by Crippen LogP contribution is 2.41. The van der Waals surface area contributed by atoms with Crippen molar-refractivity contribution in [3.8, 4) is 11.1 Å². The lowest BCUT2D eigenvalue weighted by Crippen LogP contribution is -2.02. The van der Waals surface area contributed by atoms with Gasteiger partial charge in [-0.1, -0.05) is 42.5 Å². The van der Waals surface area contributed by atoms with Crippen LogP contribution in [0.3, 0.4) is 0 Å². The standard InChI is InChI=1S/C26H19NO5/c1-15-7-3-5-9-19(15)27-24-21(16-11-13-17(14-12-16)25(28)30-2)22-23(32-24)18-8-4-6-10-20(18)31-26(22)29/h3-14,27H,1-2H3. The van der Waals surface area contributed by atoms with Gasteiger partial charge in [-0.2, -0.15) is 0 Å². The predicted molar refractivity (Wildman–Crippen MR) is 123 cm³/mol. The van der Waals surface area contributed by atoms with E-state index >= 15 is 0 Å². The Labute approximate surface area is 183 Å². The van der Waals surface area contributed by atoms with Gasteiger partial charge in [-0.3, -0.25) is 0 Å². The number of fused-ring (bicyclic) bond motifs is 3. The zero-order valence-electron chi connectivity index (χ0n) is 17.5. The Balaban J connectivity index is 1.79. The first-order valence-electron chi connectivity index (χ1n) is 10.1. The summed E-state index contributed by atoms with van der Waals surface area (Å²) in [4.78, 5) is 24.9. The number of methoxy groups -OCH3 is 1. The fourth-order valence-corrected chi connectivity index (χ4v) is 3.80. The molecule has 0 atom stereocenters. The molecular weight excluding hydrogens is 406 g/mol. The number of hydrogen-bond acceptors (Lipinski definition) is 6. The lowest BCUT2D eigenvalue weighted by molar-refractivity contribution is 0.0600. The molecule has 6 heteroatoms. The number of carbonyl (C=O) groups excluding carboxylic acids is 1. The Bertz CT molecular complexity index is 1530. The van der Waals surface area contributed by atoms with Crippen molar-refractivity contribution in [3.63, 3.8) is 0 Å². The second-order valence-corrected chi connectivity index (χ2v) is 7.40. The quantitative estimate of drug-likeness (QED) is 0.279. The van der Waals surface area contributed by atoms with E-state index in [2.05, 4.69) is 5.32 Å². The van der Waals surface area contributed by atoms with Crippen LogP contribution in [-0.4, -0.2) is 13.1 Å². The third-order valence-electron chi connectivity index (χ3n) is 5.43. The van der Waals surface area contributed by atoms with E-state index in [0.29, 0.717) is 44.5 Å². The normalized spacial score (nSPS) is 11.1. The Morgan fingerprint density at radius 2 is 1.62 bits per heavy atom. The van der Waals surface area contributed by atoms with Gasteiger partial charge in [0.25, 0.3) is 0 Å². The minimum absolute atomic E-state index is 0.339. The van der Waals surface area contributed by atoms with Gasteiger partial charge in [0, 0.05) is 5.69 Å². The summed E-state index contributed by atoms with van der Waals surface area (Å²) in [5.74, 6) is -0.0128. The molecule has 0 radical (unpaired) electrons.